The Kier molecular flexibility index (Phi) is 7.60. The van der Waals surface area contributed by atoms with Gasteiger partial charge in [-0.25, -0.2) is 9.59 Å². The van der Waals surface area contributed by atoms with E-state index in [1.165, 1.54) is 24.3 Å². The summed E-state index contributed by atoms with van der Waals surface area (Å²) in [6.45, 7) is 2.02. The number of unbranched alkanes of at least 4 members (excludes halogenated alkanes) is 1. The molecule has 1 saturated carbocycles. The zero-order chi connectivity index (χ0) is 21.6. The molecule has 0 saturated heterocycles. The summed E-state index contributed by atoms with van der Waals surface area (Å²) < 4.78 is 10.1. The molecule has 9 heteroatoms. The molecule has 0 spiro atoms. The average molecular weight is 410 g/mol. The molecule has 1 fully saturated rings. The second kappa shape index (κ2) is 9.73. The van der Waals surface area contributed by atoms with Crippen molar-refractivity contribution in [1.29, 1.82) is 0 Å². The maximum absolute atomic E-state index is 12.2. The van der Waals surface area contributed by atoms with Crippen molar-refractivity contribution >= 4 is 18.0 Å². The quantitative estimate of drug-likeness (QED) is 0.188. The van der Waals surface area contributed by atoms with Crippen molar-refractivity contribution in [1.82, 2.24) is 0 Å². The maximum Gasteiger partial charge on any atom is 0.338 e. The molecule has 1 aromatic carbocycles. The van der Waals surface area contributed by atoms with Gasteiger partial charge in [-0.2, -0.15) is 0 Å². The Hall–Kier alpha value is -2.62. The minimum Gasteiger partial charge on any atom is -0.504 e. The van der Waals surface area contributed by atoms with Gasteiger partial charge in [0.25, 0.3) is 0 Å². The van der Waals surface area contributed by atoms with Gasteiger partial charge in [-0.15, -0.1) is 0 Å². The number of carbonyl (C=O) groups excluding carboxylic acids is 2. The first-order valence-corrected chi connectivity index (χ1v) is 9.32. The minimum atomic E-state index is -2.08. The van der Waals surface area contributed by atoms with Crippen molar-refractivity contribution in [2.75, 3.05) is 6.61 Å². The van der Waals surface area contributed by atoms with Crippen LogP contribution < -0.4 is 0 Å². The summed E-state index contributed by atoms with van der Waals surface area (Å²) in [6.07, 6.45) is -1.42. The molecule has 4 atom stereocenters. The lowest BCUT2D eigenvalue weighted by Crippen LogP contribution is -2.57. The molecule has 0 radical (unpaired) electrons. The SMILES string of the molecule is CCCCOC(=O)[C@@]1(O)C[C@@H](O)[C@@H](O)[C@H](OC(=O)C=Cc2ccc(O)c(O)c2)C1. The van der Waals surface area contributed by atoms with Crippen LogP contribution in [0.2, 0.25) is 0 Å². The number of hydrogen-bond acceptors (Lipinski definition) is 9. The Morgan fingerprint density at radius 3 is 2.59 bits per heavy atom. The third kappa shape index (κ3) is 5.93. The molecule has 0 aliphatic heterocycles. The highest BCUT2D eigenvalue weighted by molar-refractivity contribution is 5.87. The fourth-order valence-electron chi connectivity index (χ4n) is 2.97. The fraction of sp³-hybridized carbons (Fsp3) is 0.500. The number of aliphatic hydroxyl groups is 3. The van der Waals surface area contributed by atoms with Gasteiger partial charge in [-0.1, -0.05) is 19.4 Å². The summed E-state index contributed by atoms with van der Waals surface area (Å²) >= 11 is 0. The number of benzene rings is 1. The van der Waals surface area contributed by atoms with Crippen LogP contribution >= 0.6 is 0 Å². The summed E-state index contributed by atoms with van der Waals surface area (Å²) in [7, 11) is 0. The number of hydrogen-bond donors (Lipinski definition) is 5. The fourth-order valence-corrected chi connectivity index (χ4v) is 2.97. The van der Waals surface area contributed by atoms with Gasteiger partial charge in [0.2, 0.25) is 0 Å². The van der Waals surface area contributed by atoms with Crippen LogP contribution in [0.5, 0.6) is 11.5 Å². The van der Waals surface area contributed by atoms with Crippen LogP contribution in [0.1, 0.15) is 38.2 Å². The molecule has 0 amide bonds. The first kappa shape index (κ1) is 22.7. The van der Waals surface area contributed by atoms with Crippen LogP contribution in [0.4, 0.5) is 0 Å². The van der Waals surface area contributed by atoms with Crippen molar-refractivity contribution in [3.05, 3.63) is 29.8 Å². The predicted octanol–water partition coefficient (Wildman–Crippen LogP) is 0.613. The summed E-state index contributed by atoms with van der Waals surface area (Å²) in [5.41, 5.74) is -1.68. The topological polar surface area (TPSA) is 154 Å². The van der Waals surface area contributed by atoms with E-state index in [2.05, 4.69) is 0 Å². The standard InChI is InChI=1S/C20H26O9/c1-2-3-8-28-19(26)20(27)10-15(23)18(25)16(11-20)29-17(24)7-5-12-4-6-13(21)14(22)9-12/h4-7,9,15-16,18,21-23,25,27H,2-3,8,10-11H2,1H3/t15-,16-,18-,20-/m1/s1. The van der Waals surface area contributed by atoms with Gasteiger partial charge in [0.05, 0.1) is 12.7 Å². The Morgan fingerprint density at radius 2 is 1.93 bits per heavy atom. The molecule has 1 aromatic rings. The molecule has 9 nitrogen and oxygen atoms in total. The molecule has 1 aliphatic carbocycles. The van der Waals surface area contributed by atoms with Crippen LogP contribution in [-0.2, 0) is 19.1 Å². The lowest BCUT2D eigenvalue weighted by Gasteiger charge is -2.39. The van der Waals surface area contributed by atoms with Crippen molar-refractivity contribution < 1.29 is 44.6 Å². The number of carbonyl (C=O) groups is 2. The van der Waals surface area contributed by atoms with Gasteiger partial charge in [0, 0.05) is 18.9 Å². The molecule has 0 aromatic heterocycles. The van der Waals surface area contributed by atoms with Gasteiger partial charge in [-0.3, -0.25) is 0 Å². The zero-order valence-electron chi connectivity index (χ0n) is 16.0. The second-order valence-corrected chi connectivity index (χ2v) is 7.04. The van der Waals surface area contributed by atoms with Crippen LogP contribution in [-0.4, -0.2) is 68.0 Å². The largest absolute Gasteiger partial charge is 0.504 e. The predicted molar refractivity (Wildman–Crippen MR) is 101 cm³/mol. The number of phenolic OH excluding ortho intramolecular Hbond substituents is 2. The van der Waals surface area contributed by atoms with Gasteiger partial charge < -0.3 is 35.0 Å². The average Bonchev–Trinajstić information content (AvgIpc) is 2.67. The van der Waals surface area contributed by atoms with Gasteiger partial charge in [0.1, 0.15) is 12.2 Å². The first-order valence-electron chi connectivity index (χ1n) is 9.32. The third-order valence-corrected chi connectivity index (χ3v) is 4.65. The monoisotopic (exact) mass is 410 g/mol. The van der Waals surface area contributed by atoms with E-state index in [-0.39, 0.29) is 18.1 Å². The summed E-state index contributed by atoms with van der Waals surface area (Å²) in [4.78, 5) is 24.3. The van der Waals surface area contributed by atoms with Crippen molar-refractivity contribution in [2.45, 2.75) is 56.5 Å². The molecule has 1 aliphatic rings. The van der Waals surface area contributed by atoms with Crippen molar-refractivity contribution in [3.8, 4) is 11.5 Å². The molecular formula is C20H26O9. The summed E-state index contributed by atoms with van der Waals surface area (Å²) in [5, 5.41) is 49.4. The van der Waals surface area contributed by atoms with Crippen LogP contribution in [0, 0.1) is 0 Å². The second-order valence-electron chi connectivity index (χ2n) is 7.04. The molecule has 0 bridgehead atoms. The molecule has 5 N–H and O–H groups in total. The molecule has 2 rings (SSSR count). The number of aliphatic hydroxyl groups excluding tert-OH is 2. The summed E-state index contributed by atoms with van der Waals surface area (Å²) in [6, 6.07) is 3.92. The Bertz CT molecular complexity index is 760. The number of rotatable bonds is 7. The number of aromatic hydroxyl groups is 2. The van der Waals surface area contributed by atoms with E-state index < -0.39 is 48.7 Å². The van der Waals surface area contributed by atoms with Crippen molar-refractivity contribution in [2.24, 2.45) is 0 Å². The Balaban J connectivity index is 2.03. The van der Waals surface area contributed by atoms with Crippen LogP contribution in [0.25, 0.3) is 6.08 Å². The highest BCUT2D eigenvalue weighted by atomic mass is 16.6. The number of ether oxygens (including phenoxy) is 2. The minimum absolute atomic E-state index is 0.114. The van der Waals surface area contributed by atoms with Gasteiger partial charge in [-0.05, 0) is 30.2 Å². The molecule has 0 unspecified atom stereocenters. The maximum atomic E-state index is 12.2. The van der Waals surface area contributed by atoms with Crippen LogP contribution in [0.3, 0.4) is 0 Å². The van der Waals surface area contributed by atoms with E-state index >= 15 is 0 Å². The van der Waals surface area contributed by atoms with E-state index in [1.807, 2.05) is 6.92 Å². The molecular weight excluding hydrogens is 384 g/mol. The van der Waals surface area contributed by atoms with Crippen molar-refractivity contribution in [3.63, 3.8) is 0 Å². The van der Waals surface area contributed by atoms with E-state index in [1.54, 1.807) is 0 Å². The van der Waals surface area contributed by atoms with E-state index in [9.17, 15) is 35.1 Å². The smallest absolute Gasteiger partial charge is 0.338 e. The highest BCUT2D eigenvalue weighted by Gasteiger charge is 2.51. The van der Waals surface area contributed by atoms with Crippen LogP contribution in [0.15, 0.2) is 24.3 Å². The Labute approximate surface area is 167 Å². The summed E-state index contributed by atoms with van der Waals surface area (Å²) in [5.74, 6) is -2.50. The normalized spacial score (nSPS) is 27.0. The van der Waals surface area contributed by atoms with Gasteiger partial charge >= 0.3 is 11.9 Å². The molecule has 160 valence electrons. The van der Waals surface area contributed by atoms with E-state index in [4.69, 9.17) is 9.47 Å². The molecule has 0 heterocycles. The lowest BCUT2D eigenvalue weighted by molar-refractivity contribution is -0.200. The highest BCUT2D eigenvalue weighted by Crippen LogP contribution is 2.32. The van der Waals surface area contributed by atoms with Gasteiger partial charge in [0.15, 0.2) is 17.1 Å². The molecule has 29 heavy (non-hydrogen) atoms. The number of phenols is 2. The first-order chi connectivity index (χ1) is 13.7. The zero-order valence-corrected chi connectivity index (χ0v) is 16.0. The Morgan fingerprint density at radius 1 is 1.21 bits per heavy atom. The van der Waals surface area contributed by atoms with E-state index in [0.717, 1.165) is 12.5 Å². The third-order valence-electron chi connectivity index (χ3n) is 4.65. The van der Waals surface area contributed by atoms with E-state index in [0.29, 0.717) is 12.0 Å². The lowest BCUT2D eigenvalue weighted by atomic mass is 9.79. The number of esters is 2.